The zero-order valence-electron chi connectivity index (χ0n) is 18.1. The first-order valence-corrected chi connectivity index (χ1v) is 12.7. The Morgan fingerprint density at radius 1 is 1.00 bits per heavy atom. The van der Waals surface area contributed by atoms with Gasteiger partial charge in [0, 0.05) is 10.7 Å². The molecule has 1 aromatic heterocycles. The van der Waals surface area contributed by atoms with Gasteiger partial charge in [-0.05, 0) is 116 Å². The van der Waals surface area contributed by atoms with Gasteiger partial charge in [-0.15, -0.1) is 0 Å². The summed E-state index contributed by atoms with van der Waals surface area (Å²) >= 11 is 3.54. The second-order valence-corrected chi connectivity index (χ2v) is 12.1. The van der Waals surface area contributed by atoms with Crippen LogP contribution in [0.4, 0.5) is 0 Å². The Labute approximate surface area is 188 Å². The molecule has 2 aromatic rings. The highest BCUT2D eigenvalue weighted by atomic mass is 79.9. The van der Waals surface area contributed by atoms with E-state index < -0.39 is 0 Å². The molecule has 0 aliphatic heterocycles. The van der Waals surface area contributed by atoms with Crippen LogP contribution in [0.1, 0.15) is 63.6 Å². The average molecular weight is 469 g/mol. The van der Waals surface area contributed by atoms with Crippen molar-refractivity contribution in [3.63, 3.8) is 0 Å². The second-order valence-electron chi connectivity index (χ2n) is 11.2. The first kappa shape index (κ1) is 19.5. The van der Waals surface area contributed by atoms with Gasteiger partial charge in [0.05, 0.1) is 17.5 Å². The van der Waals surface area contributed by atoms with Gasteiger partial charge < -0.3 is 5.11 Å². The topological polar surface area (TPSA) is 38.0 Å². The SMILES string of the molecule is C[C@]12Cc3cn(-c4ccc(Br)cc4)nc3C[C@@H]1CC[C@@H]1[C@@H]2CC[C@]2(C)[C@@H](O)CC[C@@H]12. The summed E-state index contributed by atoms with van der Waals surface area (Å²) in [4.78, 5) is 0. The number of hydrogen-bond donors (Lipinski definition) is 1. The van der Waals surface area contributed by atoms with Crippen molar-refractivity contribution < 1.29 is 5.11 Å². The zero-order valence-corrected chi connectivity index (χ0v) is 19.7. The van der Waals surface area contributed by atoms with Crippen molar-refractivity contribution in [3.8, 4) is 5.69 Å². The van der Waals surface area contributed by atoms with Crippen LogP contribution in [0.15, 0.2) is 34.9 Å². The van der Waals surface area contributed by atoms with Crippen LogP contribution in [0.3, 0.4) is 0 Å². The van der Waals surface area contributed by atoms with E-state index in [1.807, 2.05) is 0 Å². The third kappa shape index (κ3) is 2.68. The van der Waals surface area contributed by atoms with Crippen LogP contribution < -0.4 is 0 Å². The van der Waals surface area contributed by atoms with E-state index in [9.17, 15) is 5.11 Å². The van der Waals surface area contributed by atoms with Crippen molar-refractivity contribution in [2.24, 2.45) is 34.5 Å². The van der Waals surface area contributed by atoms with Crippen LogP contribution in [-0.2, 0) is 12.8 Å². The maximum absolute atomic E-state index is 10.7. The molecule has 4 aliphatic rings. The molecule has 0 bridgehead atoms. The largest absolute Gasteiger partial charge is 0.393 e. The lowest BCUT2D eigenvalue weighted by molar-refractivity contribution is -0.111. The monoisotopic (exact) mass is 468 g/mol. The third-order valence-corrected chi connectivity index (χ3v) is 10.5. The van der Waals surface area contributed by atoms with Crippen LogP contribution in [0, 0.1) is 34.5 Å². The number of rotatable bonds is 1. The van der Waals surface area contributed by atoms with Crippen LogP contribution >= 0.6 is 15.9 Å². The second kappa shape index (κ2) is 6.68. The van der Waals surface area contributed by atoms with Crippen LogP contribution in [0.2, 0.25) is 0 Å². The summed E-state index contributed by atoms with van der Waals surface area (Å²) in [6.45, 7) is 4.99. The van der Waals surface area contributed by atoms with E-state index in [1.54, 1.807) is 0 Å². The number of aliphatic hydroxyl groups excluding tert-OH is 1. The van der Waals surface area contributed by atoms with E-state index >= 15 is 0 Å². The molecule has 30 heavy (non-hydrogen) atoms. The average Bonchev–Trinajstić information content (AvgIpc) is 3.26. The smallest absolute Gasteiger partial charge is 0.0664 e. The Morgan fingerprint density at radius 3 is 2.57 bits per heavy atom. The maximum Gasteiger partial charge on any atom is 0.0664 e. The molecule has 1 aromatic carbocycles. The predicted molar refractivity (Wildman–Crippen MR) is 123 cm³/mol. The van der Waals surface area contributed by atoms with Gasteiger partial charge in [0.1, 0.15) is 0 Å². The molecule has 0 saturated heterocycles. The molecule has 0 radical (unpaired) electrons. The first-order valence-electron chi connectivity index (χ1n) is 11.9. The van der Waals surface area contributed by atoms with Gasteiger partial charge in [-0.3, -0.25) is 0 Å². The Kier molecular flexibility index (Phi) is 4.35. The number of halogens is 1. The van der Waals surface area contributed by atoms with Crippen molar-refractivity contribution in [2.45, 2.75) is 71.3 Å². The molecule has 3 nitrogen and oxygen atoms in total. The quantitative estimate of drug-likeness (QED) is 0.560. The van der Waals surface area contributed by atoms with Gasteiger partial charge in [-0.1, -0.05) is 29.8 Å². The number of nitrogens with zero attached hydrogens (tertiary/aromatic N) is 2. The molecular weight excluding hydrogens is 436 g/mol. The summed E-state index contributed by atoms with van der Waals surface area (Å²) in [7, 11) is 0. The van der Waals surface area contributed by atoms with E-state index in [1.165, 1.54) is 49.8 Å². The normalized spacial score (nSPS) is 42.2. The van der Waals surface area contributed by atoms with Crippen molar-refractivity contribution >= 4 is 15.9 Å². The minimum Gasteiger partial charge on any atom is -0.393 e. The lowest BCUT2D eigenvalue weighted by atomic mass is 9.45. The molecule has 160 valence electrons. The van der Waals surface area contributed by atoms with Crippen LogP contribution in [0.25, 0.3) is 5.69 Å². The van der Waals surface area contributed by atoms with E-state index in [-0.39, 0.29) is 11.5 Å². The number of aromatic nitrogens is 2. The van der Waals surface area contributed by atoms with Gasteiger partial charge >= 0.3 is 0 Å². The summed E-state index contributed by atoms with van der Waals surface area (Å²) in [6.07, 6.45) is 12.0. The molecule has 0 spiro atoms. The minimum atomic E-state index is -0.0731. The van der Waals surface area contributed by atoms with Crippen LogP contribution in [-0.4, -0.2) is 21.0 Å². The molecule has 4 aliphatic carbocycles. The molecule has 1 heterocycles. The zero-order chi connectivity index (χ0) is 20.7. The van der Waals surface area contributed by atoms with Gasteiger partial charge in [-0.25, -0.2) is 4.68 Å². The summed E-state index contributed by atoms with van der Waals surface area (Å²) in [5.74, 6) is 3.11. The van der Waals surface area contributed by atoms with Crippen molar-refractivity contribution in [2.75, 3.05) is 0 Å². The Balaban J connectivity index is 1.32. The van der Waals surface area contributed by atoms with Gasteiger partial charge in [0.15, 0.2) is 0 Å². The molecule has 1 N–H and O–H groups in total. The number of benzene rings is 1. The molecule has 7 atom stereocenters. The van der Waals surface area contributed by atoms with Crippen molar-refractivity contribution in [1.29, 1.82) is 0 Å². The van der Waals surface area contributed by atoms with E-state index in [4.69, 9.17) is 5.10 Å². The van der Waals surface area contributed by atoms with Gasteiger partial charge in [0.25, 0.3) is 0 Å². The van der Waals surface area contributed by atoms with Gasteiger partial charge in [-0.2, -0.15) is 5.10 Å². The number of fused-ring (bicyclic) bond motifs is 6. The highest BCUT2D eigenvalue weighted by Gasteiger charge is 2.60. The molecule has 6 rings (SSSR count). The summed E-state index contributed by atoms with van der Waals surface area (Å²) in [5, 5.41) is 15.7. The standard InChI is InChI=1S/C26H33BrN2O/c1-25-12-11-22-20(21(25)9-10-24(25)30)8-3-17-13-23-16(14-26(17,22)2)15-29(28-23)19-6-4-18(27)5-7-19/h4-7,15,17,20-22,24,30H,3,8-14H2,1-2H3/t17-,20-,21-,22-,24-,25-,26-/m0/s1. The summed E-state index contributed by atoms with van der Waals surface area (Å²) in [6, 6.07) is 8.47. The Morgan fingerprint density at radius 2 is 1.77 bits per heavy atom. The summed E-state index contributed by atoms with van der Waals surface area (Å²) < 4.78 is 3.20. The van der Waals surface area contributed by atoms with Crippen molar-refractivity contribution in [1.82, 2.24) is 9.78 Å². The fourth-order valence-corrected chi connectivity index (χ4v) is 8.52. The lowest BCUT2D eigenvalue weighted by Gasteiger charge is -2.59. The molecule has 3 saturated carbocycles. The molecule has 0 amide bonds. The maximum atomic E-state index is 10.7. The molecule has 0 unspecified atom stereocenters. The van der Waals surface area contributed by atoms with E-state index in [0.717, 1.165) is 46.7 Å². The Bertz CT molecular complexity index is 968. The Hall–Kier alpha value is -1.13. The highest BCUT2D eigenvalue weighted by molar-refractivity contribution is 9.10. The number of aliphatic hydroxyl groups is 1. The van der Waals surface area contributed by atoms with Crippen molar-refractivity contribution in [3.05, 3.63) is 46.2 Å². The first-order chi connectivity index (χ1) is 14.4. The molecule has 4 heteroatoms. The fourth-order valence-electron chi connectivity index (χ4n) is 8.25. The van der Waals surface area contributed by atoms with E-state index in [2.05, 4.69) is 64.9 Å². The van der Waals surface area contributed by atoms with Crippen LogP contribution in [0.5, 0.6) is 0 Å². The summed E-state index contributed by atoms with van der Waals surface area (Å²) in [5.41, 5.74) is 4.51. The van der Waals surface area contributed by atoms with Gasteiger partial charge in [0.2, 0.25) is 0 Å². The van der Waals surface area contributed by atoms with E-state index in [0.29, 0.717) is 5.41 Å². The highest BCUT2D eigenvalue weighted by Crippen LogP contribution is 2.65. The minimum absolute atomic E-state index is 0.0731. The third-order valence-electron chi connectivity index (χ3n) is 9.99. The molecule has 3 fully saturated rings. The fraction of sp³-hybridized carbons (Fsp3) is 0.654. The lowest BCUT2D eigenvalue weighted by Crippen LogP contribution is -2.54. The molecular formula is C26H33BrN2O. The predicted octanol–water partition coefficient (Wildman–Crippen LogP) is 5.95. The number of hydrogen-bond acceptors (Lipinski definition) is 2.